The lowest BCUT2D eigenvalue weighted by molar-refractivity contribution is 0.101. The van der Waals surface area contributed by atoms with Crippen LogP contribution < -0.4 is 5.32 Å². The van der Waals surface area contributed by atoms with Crippen molar-refractivity contribution in [3.8, 4) is 0 Å². The molecule has 0 radical (unpaired) electrons. The number of fused-ring (bicyclic) bond motifs is 1. The van der Waals surface area contributed by atoms with E-state index in [9.17, 15) is 13.2 Å². The van der Waals surface area contributed by atoms with E-state index in [1.165, 1.54) is 53.9 Å². The molecule has 0 atom stereocenters. The van der Waals surface area contributed by atoms with Crippen LogP contribution in [0.1, 0.15) is 15.9 Å². The Hall–Kier alpha value is -2.79. The maximum absolute atomic E-state index is 12.6. The summed E-state index contributed by atoms with van der Waals surface area (Å²) in [6, 6.07) is 20.6. The van der Waals surface area contributed by atoms with Gasteiger partial charge >= 0.3 is 0 Å². The number of nitrogens with zero attached hydrogens (tertiary/aromatic N) is 3. The molecule has 33 heavy (non-hydrogen) atoms. The Morgan fingerprint density at radius 3 is 2.61 bits per heavy atom. The Balaban J connectivity index is 1.37. The zero-order valence-corrected chi connectivity index (χ0v) is 20.5. The van der Waals surface area contributed by atoms with Gasteiger partial charge in [0, 0.05) is 25.4 Å². The lowest BCUT2D eigenvalue weighted by Crippen LogP contribution is -2.22. The number of ketones is 1. The number of thioether (sulfide) groups is 1. The molecular formula is C23H22N4O3S3. The monoisotopic (exact) mass is 498 g/mol. The Morgan fingerprint density at radius 2 is 1.79 bits per heavy atom. The maximum atomic E-state index is 12.6. The zero-order chi connectivity index (χ0) is 23.4. The van der Waals surface area contributed by atoms with Gasteiger partial charge in [-0.25, -0.2) is 12.7 Å². The second-order valence-electron chi connectivity index (χ2n) is 7.39. The Bertz CT molecular complexity index is 1400. The lowest BCUT2D eigenvalue weighted by Gasteiger charge is -2.12. The molecule has 4 aromatic rings. The molecule has 0 spiro atoms. The van der Waals surface area contributed by atoms with Gasteiger partial charge in [-0.2, -0.15) is 0 Å². The second-order valence-corrected chi connectivity index (χ2v) is 11.7. The average molecular weight is 499 g/mol. The van der Waals surface area contributed by atoms with Crippen LogP contribution in [0.15, 0.2) is 76.0 Å². The Labute approximate surface area is 200 Å². The minimum Gasteiger partial charge on any atom is -0.353 e. The molecule has 0 saturated carbocycles. The van der Waals surface area contributed by atoms with E-state index in [2.05, 4.69) is 45.8 Å². The molecule has 10 heteroatoms. The van der Waals surface area contributed by atoms with E-state index in [4.69, 9.17) is 0 Å². The highest BCUT2D eigenvalue weighted by Crippen LogP contribution is 2.30. The van der Waals surface area contributed by atoms with E-state index in [1.54, 1.807) is 23.9 Å². The standard InChI is InChI=1S/C23H22N4O3S3/c1-27(2)33(29,30)19-11-6-9-17(13-19)21(28)14-24-22-25-26-23(32-22)31-15-18-10-5-8-16-7-3-4-12-20(16)18/h3-13H,14-15H2,1-2H3,(H,24,25). The fraction of sp³-hybridized carbons (Fsp3) is 0.174. The summed E-state index contributed by atoms with van der Waals surface area (Å²) in [5, 5.41) is 14.3. The summed E-state index contributed by atoms with van der Waals surface area (Å²) in [5.41, 5.74) is 1.55. The number of benzene rings is 3. The van der Waals surface area contributed by atoms with Crippen LogP contribution in [0.3, 0.4) is 0 Å². The number of carbonyl (C=O) groups excluding carboxylic acids is 1. The van der Waals surface area contributed by atoms with E-state index in [0.29, 0.717) is 10.7 Å². The van der Waals surface area contributed by atoms with E-state index in [0.717, 1.165) is 14.4 Å². The van der Waals surface area contributed by atoms with Crippen molar-refractivity contribution in [1.29, 1.82) is 0 Å². The number of Topliss-reactive ketones (excluding diaryl/α,β-unsaturated/α-hetero) is 1. The van der Waals surface area contributed by atoms with Crippen molar-refractivity contribution in [2.75, 3.05) is 26.0 Å². The molecule has 0 aliphatic heterocycles. The molecule has 3 aromatic carbocycles. The smallest absolute Gasteiger partial charge is 0.242 e. The number of carbonyl (C=O) groups is 1. The van der Waals surface area contributed by atoms with Gasteiger partial charge < -0.3 is 5.32 Å². The summed E-state index contributed by atoms with van der Waals surface area (Å²) in [5.74, 6) is 0.535. The van der Waals surface area contributed by atoms with Crippen molar-refractivity contribution >= 4 is 54.8 Å². The Kier molecular flexibility index (Phi) is 7.08. The highest BCUT2D eigenvalue weighted by atomic mass is 32.2. The third-order valence-electron chi connectivity index (χ3n) is 4.97. The molecule has 0 fully saturated rings. The van der Waals surface area contributed by atoms with Gasteiger partial charge in [-0.1, -0.05) is 77.7 Å². The van der Waals surface area contributed by atoms with Crippen LogP contribution in [-0.2, 0) is 15.8 Å². The van der Waals surface area contributed by atoms with Gasteiger partial charge in [0.2, 0.25) is 15.2 Å². The first kappa shape index (κ1) is 23.4. The highest BCUT2D eigenvalue weighted by Gasteiger charge is 2.19. The van der Waals surface area contributed by atoms with Crippen LogP contribution in [0.25, 0.3) is 10.8 Å². The number of rotatable bonds is 9. The molecule has 1 aromatic heterocycles. The molecule has 0 aliphatic carbocycles. The molecule has 0 saturated heterocycles. The van der Waals surface area contributed by atoms with Crippen LogP contribution in [0.5, 0.6) is 0 Å². The highest BCUT2D eigenvalue weighted by molar-refractivity contribution is 8.00. The number of hydrogen-bond donors (Lipinski definition) is 1. The maximum Gasteiger partial charge on any atom is 0.242 e. The molecule has 7 nitrogen and oxygen atoms in total. The molecule has 1 heterocycles. The first-order valence-corrected chi connectivity index (χ1v) is 13.3. The normalized spacial score (nSPS) is 11.7. The van der Waals surface area contributed by atoms with Gasteiger partial charge in [0.25, 0.3) is 0 Å². The van der Waals surface area contributed by atoms with E-state index >= 15 is 0 Å². The summed E-state index contributed by atoms with van der Waals surface area (Å²) in [6.07, 6.45) is 0. The predicted molar refractivity (Wildman–Crippen MR) is 134 cm³/mol. The van der Waals surface area contributed by atoms with Crippen molar-refractivity contribution < 1.29 is 13.2 Å². The lowest BCUT2D eigenvalue weighted by atomic mass is 10.1. The fourth-order valence-corrected chi connectivity index (χ4v) is 5.90. The predicted octanol–water partition coefficient (Wildman–Crippen LogP) is 4.53. The van der Waals surface area contributed by atoms with Gasteiger partial charge in [-0.05, 0) is 28.5 Å². The SMILES string of the molecule is CN(C)S(=O)(=O)c1cccc(C(=O)CNc2nnc(SCc3cccc4ccccc34)s2)c1. The fourth-order valence-electron chi connectivity index (χ4n) is 3.20. The van der Waals surface area contributed by atoms with Crippen molar-refractivity contribution in [3.63, 3.8) is 0 Å². The van der Waals surface area contributed by atoms with Crippen LogP contribution in [0.4, 0.5) is 5.13 Å². The summed E-state index contributed by atoms with van der Waals surface area (Å²) < 4.78 is 26.5. The van der Waals surface area contributed by atoms with E-state index < -0.39 is 10.0 Å². The minimum absolute atomic E-state index is 0.00587. The molecule has 1 N–H and O–H groups in total. The van der Waals surface area contributed by atoms with Crippen LogP contribution in [0.2, 0.25) is 0 Å². The second kappa shape index (κ2) is 10.0. The van der Waals surface area contributed by atoms with Gasteiger partial charge in [0.1, 0.15) is 0 Å². The quantitative estimate of drug-likeness (QED) is 0.268. The summed E-state index contributed by atoms with van der Waals surface area (Å²) in [7, 11) is -0.692. The van der Waals surface area contributed by atoms with E-state index in [1.807, 2.05) is 12.1 Å². The Morgan fingerprint density at radius 1 is 1.03 bits per heavy atom. The number of hydrogen-bond acceptors (Lipinski definition) is 8. The zero-order valence-electron chi connectivity index (χ0n) is 18.1. The molecule has 0 bridgehead atoms. The first-order valence-electron chi connectivity index (χ1n) is 10.1. The van der Waals surface area contributed by atoms with E-state index in [-0.39, 0.29) is 17.2 Å². The molecule has 0 unspecified atom stereocenters. The van der Waals surface area contributed by atoms with Gasteiger partial charge in [0.05, 0.1) is 11.4 Å². The average Bonchev–Trinajstić information content (AvgIpc) is 3.29. The first-order chi connectivity index (χ1) is 15.8. The van der Waals surface area contributed by atoms with Crippen molar-refractivity contribution in [2.24, 2.45) is 0 Å². The van der Waals surface area contributed by atoms with Crippen molar-refractivity contribution in [1.82, 2.24) is 14.5 Å². The summed E-state index contributed by atoms with van der Waals surface area (Å²) in [4.78, 5) is 12.7. The summed E-state index contributed by atoms with van der Waals surface area (Å²) in [6.45, 7) is -0.00587. The number of sulfonamides is 1. The molecule has 0 amide bonds. The third kappa shape index (κ3) is 5.41. The van der Waals surface area contributed by atoms with Gasteiger partial charge in [0.15, 0.2) is 10.1 Å². The van der Waals surface area contributed by atoms with Crippen LogP contribution in [-0.4, -0.2) is 49.3 Å². The van der Waals surface area contributed by atoms with Crippen molar-refractivity contribution in [2.45, 2.75) is 15.0 Å². The van der Waals surface area contributed by atoms with Crippen LogP contribution in [0, 0.1) is 0 Å². The molecule has 0 aliphatic rings. The molecule has 170 valence electrons. The minimum atomic E-state index is -3.60. The number of anilines is 1. The summed E-state index contributed by atoms with van der Waals surface area (Å²) >= 11 is 2.98. The van der Waals surface area contributed by atoms with Crippen molar-refractivity contribution in [3.05, 3.63) is 77.9 Å². The van der Waals surface area contributed by atoms with Gasteiger partial charge in [-0.3, -0.25) is 4.79 Å². The van der Waals surface area contributed by atoms with Gasteiger partial charge in [-0.15, -0.1) is 10.2 Å². The largest absolute Gasteiger partial charge is 0.353 e. The number of aromatic nitrogens is 2. The number of nitrogens with one attached hydrogen (secondary N) is 1. The topological polar surface area (TPSA) is 92.3 Å². The van der Waals surface area contributed by atoms with Crippen LogP contribution >= 0.6 is 23.1 Å². The molecule has 4 rings (SSSR count). The molecular weight excluding hydrogens is 476 g/mol. The third-order valence-corrected chi connectivity index (χ3v) is 8.85.